The van der Waals surface area contributed by atoms with Crippen molar-refractivity contribution in [3.8, 4) is 5.88 Å². The average molecular weight is 283 g/mol. The van der Waals surface area contributed by atoms with Gasteiger partial charge in [0.05, 0.1) is 18.3 Å². The molecule has 0 bridgehead atoms. The summed E-state index contributed by atoms with van der Waals surface area (Å²) in [5.74, 6) is 2.07. The minimum Gasteiger partial charge on any atom is -0.481 e. The van der Waals surface area contributed by atoms with Crippen molar-refractivity contribution in [1.29, 1.82) is 0 Å². The normalized spacial score (nSPS) is 26.4. The summed E-state index contributed by atoms with van der Waals surface area (Å²) in [6, 6.07) is 5.42. The molecule has 2 aliphatic carbocycles. The zero-order valence-electron chi connectivity index (χ0n) is 11.9. The fraction of sp³-hybridized carbons (Fsp3) is 0.438. The zero-order valence-corrected chi connectivity index (χ0v) is 11.9. The molecule has 4 rings (SSSR count). The van der Waals surface area contributed by atoms with Crippen LogP contribution in [-0.2, 0) is 4.79 Å². The molecule has 2 saturated carbocycles. The molecule has 0 radical (unpaired) electrons. The van der Waals surface area contributed by atoms with Crippen LogP contribution in [0.4, 0.5) is 5.69 Å². The maximum atomic E-state index is 12.4. The summed E-state index contributed by atoms with van der Waals surface area (Å²) in [4.78, 5) is 21.1. The van der Waals surface area contributed by atoms with Gasteiger partial charge in [-0.15, -0.1) is 0 Å². The summed E-state index contributed by atoms with van der Waals surface area (Å²) in [5, 5.41) is 3.03. The maximum Gasteiger partial charge on any atom is 0.228 e. The monoisotopic (exact) mass is 283 g/mol. The van der Waals surface area contributed by atoms with Crippen LogP contribution >= 0.6 is 0 Å². The van der Waals surface area contributed by atoms with Gasteiger partial charge in [-0.05, 0) is 36.8 Å². The van der Waals surface area contributed by atoms with E-state index in [-0.39, 0.29) is 11.8 Å². The number of amides is 1. The number of hydrogen-bond donors (Lipinski definition) is 1. The molecule has 0 spiro atoms. The van der Waals surface area contributed by atoms with Crippen LogP contribution in [-0.4, -0.2) is 23.0 Å². The number of ether oxygens (including phenoxy) is 1. The molecule has 2 aromatic heterocycles. The Labute approximate surface area is 122 Å². The maximum absolute atomic E-state index is 12.4. The number of fused-ring (bicyclic) bond motifs is 2. The lowest BCUT2D eigenvalue weighted by molar-refractivity contribution is -0.118. The number of carbonyl (C=O) groups excluding carboxylic acids is 1. The number of aromatic nitrogens is 2. The predicted octanol–water partition coefficient (Wildman–Crippen LogP) is 2.62. The van der Waals surface area contributed by atoms with Crippen LogP contribution in [0.1, 0.15) is 19.3 Å². The second-order valence-electron chi connectivity index (χ2n) is 5.85. The van der Waals surface area contributed by atoms with Gasteiger partial charge in [0, 0.05) is 18.2 Å². The molecule has 2 atom stereocenters. The first-order valence-electron chi connectivity index (χ1n) is 7.38. The summed E-state index contributed by atoms with van der Waals surface area (Å²) >= 11 is 0. The van der Waals surface area contributed by atoms with E-state index >= 15 is 0 Å². The highest BCUT2D eigenvalue weighted by molar-refractivity contribution is 6.01. The fourth-order valence-corrected chi connectivity index (χ4v) is 3.65. The highest BCUT2D eigenvalue weighted by atomic mass is 16.5. The average Bonchev–Trinajstić information content (AvgIpc) is 3.00. The van der Waals surface area contributed by atoms with Crippen molar-refractivity contribution in [2.45, 2.75) is 19.3 Å². The number of nitrogens with one attached hydrogen (secondary N) is 1. The van der Waals surface area contributed by atoms with E-state index < -0.39 is 0 Å². The quantitative estimate of drug-likeness (QED) is 0.940. The summed E-state index contributed by atoms with van der Waals surface area (Å²) < 4.78 is 5.15. The number of pyridine rings is 2. The standard InChI is InChI=1S/C16H17N3O2/c1-21-13-6-5-11-15(19-13)12(7-8-17-11)18-16(20)14-9-3-2-4-10(9)14/h5-10,14H,2-4H2,1H3,(H,17,18,20). The molecule has 0 saturated heterocycles. The first kappa shape index (κ1) is 12.6. The van der Waals surface area contributed by atoms with Crippen LogP contribution in [0, 0.1) is 17.8 Å². The third-order valence-electron chi connectivity index (χ3n) is 4.73. The van der Waals surface area contributed by atoms with Gasteiger partial charge in [-0.1, -0.05) is 6.42 Å². The first-order valence-corrected chi connectivity index (χ1v) is 7.38. The van der Waals surface area contributed by atoms with Gasteiger partial charge in [-0.2, -0.15) is 0 Å². The lowest BCUT2D eigenvalue weighted by atomic mass is 10.1. The predicted molar refractivity (Wildman–Crippen MR) is 79.0 cm³/mol. The molecule has 108 valence electrons. The highest BCUT2D eigenvalue weighted by Crippen LogP contribution is 2.57. The van der Waals surface area contributed by atoms with Crippen molar-refractivity contribution in [2.24, 2.45) is 17.8 Å². The third kappa shape index (κ3) is 2.04. The Hall–Kier alpha value is -2.17. The molecule has 5 nitrogen and oxygen atoms in total. The van der Waals surface area contributed by atoms with Gasteiger partial charge in [-0.25, -0.2) is 4.98 Å². The number of methoxy groups -OCH3 is 1. The molecule has 2 fully saturated rings. The number of nitrogens with zero attached hydrogens (tertiary/aromatic N) is 2. The molecule has 5 heteroatoms. The SMILES string of the molecule is COc1ccc2nccc(NC(=O)C3C4CCCC43)c2n1. The number of carbonyl (C=O) groups is 1. The Morgan fingerprint density at radius 3 is 2.86 bits per heavy atom. The number of hydrogen-bond acceptors (Lipinski definition) is 4. The Morgan fingerprint density at radius 1 is 1.29 bits per heavy atom. The topological polar surface area (TPSA) is 64.1 Å². The summed E-state index contributed by atoms with van der Waals surface area (Å²) in [6.07, 6.45) is 5.37. The van der Waals surface area contributed by atoms with E-state index in [0.717, 1.165) is 5.52 Å². The molecule has 21 heavy (non-hydrogen) atoms. The number of rotatable bonds is 3. The molecule has 2 aromatic rings. The largest absolute Gasteiger partial charge is 0.481 e. The van der Waals surface area contributed by atoms with Gasteiger partial charge in [0.25, 0.3) is 0 Å². The van der Waals surface area contributed by atoms with Crippen LogP contribution in [0.25, 0.3) is 11.0 Å². The van der Waals surface area contributed by atoms with E-state index in [1.165, 1.54) is 19.3 Å². The lowest BCUT2D eigenvalue weighted by Crippen LogP contribution is -2.17. The van der Waals surface area contributed by atoms with Crippen LogP contribution in [0.15, 0.2) is 24.4 Å². The van der Waals surface area contributed by atoms with Gasteiger partial charge in [0.1, 0.15) is 5.52 Å². The summed E-state index contributed by atoms with van der Waals surface area (Å²) in [5.41, 5.74) is 2.15. The van der Waals surface area contributed by atoms with Crippen molar-refractivity contribution in [1.82, 2.24) is 9.97 Å². The Bertz CT molecular complexity index is 706. The van der Waals surface area contributed by atoms with Gasteiger partial charge in [0.2, 0.25) is 11.8 Å². The molecule has 2 heterocycles. The molecule has 2 unspecified atom stereocenters. The summed E-state index contributed by atoms with van der Waals surface area (Å²) in [7, 11) is 1.58. The van der Waals surface area contributed by atoms with E-state index in [4.69, 9.17) is 4.74 Å². The van der Waals surface area contributed by atoms with Gasteiger partial charge in [0.15, 0.2) is 0 Å². The second kappa shape index (κ2) is 4.69. The van der Waals surface area contributed by atoms with Gasteiger partial charge < -0.3 is 10.1 Å². The molecule has 1 amide bonds. The summed E-state index contributed by atoms with van der Waals surface area (Å²) in [6.45, 7) is 0. The van der Waals surface area contributed by atoms with E-state index in [9.17, 15) is 4.79 Å². The van der Waals surface area contributed by atoms with Crippen LogP contribution in [0.5, 0.6) is 5.88 Å². The smallest absolute Gasteiger partial charge is 0.228 e. The van der Waals surface area contributed by atoms with Crippen molar-refractivity contribution in [2.75, 3.05) is 12.4 Å². The number of anilines is 1. The minimum absolute atomic E-state index is 0.127. The van der Waals surface area contributed by atoms with Crippen LogP contribution in [0.2, 0.25) is 0 Å². The molecular formula is C16H17N3O2. The van der Waals surface area contributed by atoms with Crippen molar-refractivity contribution in [3.63, 3.8) is 0 Å². The Balaban J connectivity index is 1.62. The van der Waals surface area contributed by atoms with Crippen molar-refractivity contribution < 1.29 is 9.53 Å². The van der Waals surface area contributed by atoms with Gasteiger partial charge >= 0.3 is 0 Å². The molecule has 0 aliphatic heterocycles. The zero-order chi connectivity index (χ0) is 14.4. The third-order valence-corrected chi connectivity index (χ3v) is 4.73. The fourth-order valence-electron chi connectivity index (χ4n) is 3.65. The second-order valence-corrected chi connectivity index (χ2v) is 5.85. The van der Waals surface area contributed by atoms with E-state index in [0.29, 0.717) is 28.9 Å². The van der Waals surface area contributed by atoms with Gasteiger partial charge in [-0.3, -0.25) is 9.78 Å². The molecular weight excluding hydrogens is 266 g/mol. The molecule has 1 N–H and O–H groups in total. The highest BCUT2D eigenvalue weighted by Gasteiger charge is 2.56. The Morgan fingerprint density at radius 2 is 2.10 bits per heavy atom. The first-order chi connectivity index (χ1) is 10.3. The van der Waals surface area contributed by atoms with Crippen molar-refractivity contribution >= 4 is 22.6 Å². The van der Waals surface area contributed by atoms with Crippen LogP contribution in [0.3, 0.4) is 0 Å². The lowest BCUT2D eigenvalue weighted by Gasteiger charge is -2.09. The molecule has 0 aromatic carbocycles. The van der Waals surface area contributed by atoms with E-state index in [2.05, 4.69) is 15.3 Å². The minimum atomic E-state index is 0.127. The van der Waals surface area contributed by atoms with Crippen LogP contribution < -0.4 is 10.1 Å². The molecule has 2 aliphatic rings. The Kier molecular flexibility index (Phi) is 2.80. The van der Waals surface area contributed by atoms with Crippen molar-refractivity contribution in [3.05, 3.63) is 24.4 Å². The van der Waals surface area contributed by atoms with E-state index in [1.807, 2.05) is 6.07 Å². The van der Waals surface area contributed by atoms with E-state index in [1.54, 1.807) is 25.4 Å².